The van der Waals surface area contributed by atoms with Gasteiger partial charge in [0.25, 0.3) is 0 Å². The molecule has 1 atom stereocenters. The Kier molecular flexibility index (Phi) is 9.42. The van der Waals surface area contributed by atoms with E-state index in [0.717, 1.165) is 50.6 Å². The lowest BCUT2D eigenvalue weighted by Crippen LogP contribution is -2.55. The average Bonchev–Trinajstić information content (AvgIpc) is 2.97. The summed E-state index contributed by atoms with van der Waals surface area (Å²) in [5.74, 6) is 2.23. The van der Waals surface area contributed by atoms with E-state index in [1.165, 1.54) is 18.6 Å². The number of guanidine groups is 1. The maximum absolute atomic E-state index is 5.56. The van der Waals surface area contributed by atoms with Crippen LogP contribution < -0.4 is 10.6 Å². The summed E-state index contributed by atoms with van der Waals surface area (Å²) in [6, 6.07) is 0. The van der Waals surface area contributed by atoms with E-state index in [0.29, 0.717) is 0 Å². The molecule has 0 amide bonds. The SMILES string of the molecule is CN=C(NCCN1CCOCC1(C)C)NCC1CCCS1.I. The fourth-order valence-electron chi connectivity index (χ4n) is 2.85. The van der Waals surface area contributed by atoms with Crippen LogP contribution in [0.3, 0.4) is 0 Å². The molecule has 2 aliphatic heterocycles. The first-order valence-electron chi connectivity index (χ1n) is 8.01. The molecule has 0 aromatic heterocycles. The second kappa shape index (κ2) is 10.2. The molecular weight excluding hydrogens is 411 g/mol. The molecule has 0 aromatic rings. The molecule has 22 heavy (non-hydrogen) atoms. The summed E-state index contributed by atoms with van der Waals surface area (Å²) < 4.78 is 5.56. The van der Waals surface area contributed by atoms with E-state index in [4.69, 9.17) is 4.74 Å². The van der Waals surface area contributed by atoms with Crippen molar-refractivity contribution in [2.24, 2.45) is 4.99 Å². The van der Waals surface area contributed by atoms with Crippen molar-refractivity contribution >= 4 is 41.7 Å². The van der Waals surface area contributed by atoms with Crippen molar-refractivity contribution in [2.75, 3.05) is 52.2 Å². The lowest BCUT2D eigenvalue weighted by atomic mass is 10.0. The molecule has 130 valence electrons. The summed E-state index contributed by atoms with van der Waals surface area (Å²) in [6.45, 7) is 10.1. The second-order valence-electron chi connectivity index (χ2n) is 6.37. The minimum absolute atomic E-state index is 0. The summed E-state index contributed by atoms with van der Waals surface area (Å²) in [5, 5.41) is 7.62. The van der Waals surface area contributed by atoms with Crippen LogP contribution in [0.15, 0.2) is 4.99 Å². The zero-order valence-electron chi connectivity index (χ0n) is 14.1. The Morgan fingerprint density at radius 2 is 2.23 bits per heavy atom. The molecule has 0 aliphatic carbocycles. The van der Waals surface area contributed by atoms with Gasteiger partial charge < -0.3 is 15.4 Å². The first-order chi connectivity index (χ1) is 10.1. The topological polar surface area (TPSA) is 48.9 Å². The number of nitrogens with zero attached hydrogens (tertiary/aromatic N) is 2. The number of halogens is 1. The molecule has 2 aliphatic rings. The molecule has 2 saturated heterocycles. The molecule has 0 radical (unpaired) electrons. The number of ether oxygens (including phenoxy) is 1. The quantitative estimate of drug-likeness (QED) is 0.386. The zero-order valence-corrected chi connectivity index (χ0v) is 17.2. The number of morpholine rings is 1. The van der Waals surface area contributed by atoms with Crippen molar-refractivity contribution in [2.45, 2.75) is 37.5 Å². The number of thioether (sulfide) groups is 1. The molecular formula is C15H31IN4OS. The van der Waals surface area contributed by atoms with Gasteiger partial charge in [-0.15, -0.1) is 24.0 Å². The maximum atomic E-state index is 5.56. The van der Waals surface area contributed by atoms with Crippen LogP contribution >= 0.6 is 35.7 Å². The third-order valence-corrected chi connectivity index (χ3v) is 5.63. The monoisotopic (exact) mass is 442 g/mol. The van der Waals surface area contributed by atoms with Crippen LogP contribution in [0.1, 0.15) is 26.7 Å². The van der Waals surface area contributed by atoms with E-state index >= 15 is 0 Å². The van der Waals surface area contributed by atoms with E-state index in [1.807, 2.05) is 7.05 Å². The first-order valence-corrected chi connectivity index (χ1v) is 9.05. The van der Waals surface area contributed by atoms with Gasteiger partial charge in [0, 0.05) is 44.0 Å². The lowest BCUT2D eigenvalue weighted by molar-refractivity contribution is -0.0496. The van der Waals surface area contributed by atoms with Gasteiger partial charge in [0.1, 0.15) is 0 Å². The molecule has 2 fully saturated rings. The van der Waals surface area contributed by atoms with Crippen molar-refractivity contribution in [1.82, 2.24) is 15.5 Å². The van der Waals surface area contributed by atoms with E-state index in [-0.39, 0.29) is 29.5 Å². The highest BCUT2D eigenvalue weighted by molar-refractivity contribution is 14.0. The van der Waals surface area contributed by atoms with Crippen LogP contribution in [0.4, 0.5) is 0 Å². The highest BCUT2D eigenvalue weighted by Gasteiger charge is 2.29. The van der Waals surface area contributed by atoms with Gasteiger partial charge in [0.05, 0.1) is 13.2 Å². The van der Waals surface area contributed by atoms with Gasteiger partial charge in [-0.25, -0.2) is 0 Å². The van der Waals surface area contributed by atoms with Gasteiger partial charge >= 0.3 is 0 Å². The molecule has 2 N–H and O–H groups in total. The minimum atomic E-state index is 0. The Labute approximate surface area is 156 Å². The summed E-state index contributed by atoms with van der Waals surface area (Å²) in [5.41, 5.74) is 0.136. The zero-order chi connectivity index (χ0) is 15.1. The molecule has 5 nitrogen and oxygen atoms in total. The van der Waals surface area contributed by atoms with E-state index in [2.05, 4.69) is 46.1 Å². The second-order valence-corrected chi connectivity index (χ2v) is 7.78. The van der Waals surface area contributed by atoms with Crippen molar-refractivity contribution in [3.05, 3.63) is 0 Å². The Balaban J connectivity index is 0.00000242. The highest BCUT2D eigenvalue weighted by atomic mass is 127. The van der Waals surface area contributed by atoms with Crippen molar-refractivity contribution in [1.29, 1.82) is 0 Å². The Morgan fingerprint density at radius 1 is 1.41 bits per heavy atom. The van der Waals surface area contributed by atoms with Crippen LogP contribution in [0.5, 0.6) is 0 Å². The first kappa shape index (κ1) is 20.3. The van der Waals surface area contributed by atoms with Gasteiger partial charge in [-0.1, -0.05) is 0 Å². The normalized spacial score (nSPS) is 25.6. The van der Waals surface area contributed by atoms with Gasteiger partial charge in [0.2, 0.25) is 0 Å². The average molecular weight is 442 g/mol. The Morgan fingerprint density at radius 3 is 2.86 bits per heavy atom. The molecule has 0 saturated carbocycles. The predicted molar refractivity (Wildman–Crippen MR) is 107 cm³/mol. The number of rotatable bonds is 5. The summed E-state index contributed by atoms with van der Waals surface area (Å²) in [7, 11) is 1.84. The third-order valence-electron chi connectivity index (χ3n) is 4.24. The van der Waals surface area contributed by atoms with E-state index in [1.54, 1.807) is 0 Å². The predicted octanol–water partition coefficient (Wildman–Crippen LogP) is 1.78. The smallest absolute Gasteiger partial charge is 0.191 e. The van der Waals surface area contributed by atoms with Crippen molar-refractivity contribution in [3.8, 4) is 0 Å². The Hall–Kier alpha value is 0.270. The number of nitrogens with one attached hydrogen (secondary N) is 2. The number of aliphatic imine (C=N–C) groups is 1. The van der Waals surface area contributed by atoms with Crippen LogP contribution in [0, 0.1) is 0 Å². The number of hydrogen-bond donors (Lipinski definition) is 2. The van der Waals surface area contributed by atoms with Crippen LogP contribution in [0.25, 0.3) is 0 Å². The molecule has 1 unspecified atom stereocenters. The maximum Gasteiger partial charge on any atom is 0.191 e. The van der Waals surface area contributed by atoms with Crippen LogP contribution in [-0.4, -0.2) is 73.8 Å². The fraction of sp³-hybridized carbons (Fsp3) is 0.933. The lowest BCUT2D eigenvalue weighted by Gasteiger charge is -2.42. The largest absolute Gasteiger partial charge is 0.378 e. The number of hydrogen-bond acceptors (Lipinski definition) is 4. The molecule has 2 heterocycles. The Bertz CT molecular complexity index is 348. The highest BCUT2D eigenvalue weighted by Crippen LogP contribution is 2.25. The summed E-state index contributed by atoms with van der Waals surface area (Å²) >= 11 is 2.07. The van der Waals surface area contributed by atoms with Crippen LogP contribution in [0.2, 0.25) is 0 Å². The van der Waals surface area contributed by atoms with E-state index < -0.39 is 0 Å². The third kappa shape index (κ3) is 6.41. The fourth-order valence-corrected chi connectivity index (χ4v) is 4.05. The molecule has 2 rings (SSSR count). The molecule has 7 heteroatoms. The van der Waals surface area contributed by atoms with Gasteiger partial charge in [-0.3, -0.25) is 9.89 Å². The molecule has 0 aromatic carbocycles. The van der Waals surface area contributed by atoms with E-state index in [9.17, 15) is 0 Å². The van der Waals surface area contributed by atoms with Gasteiger partial charge in [-0.05, 0) is 32.4 Å². The standard InChI is InChI=1S/C15H30N4OS.HI/c1-15(2)12-20-9-8-19(15)7-6-17-14(16-3)18-11-13-5-4-10-21-13;/h13H,4-12H2,1-3H3,(H2,16,17,18);1H. The summed E-state index contributed by atoms with van der Waals surface area (Å²) in [6.07, 6.45) is 2.69. The molecule has 0 spiro atoms. The van der Waals surface area contributed by atoms with Crippen molar-refractivity contribution < 1.29 is 4.74 Å². The van der Waals surface area contributed by atoms with Gasteiger partial charge in [-0.2, -0.15) is 11.8 Å². The minimum Gasteiger partial charge on any atom is -0.378 e. The summed E-state index contributed by atoms with van der Waals surface area (Å²) in [4.78, 5) is 6.80. The molecule has 0 bridgehead atoms. The van der Waals surface area contributed by atoms with Gasteiger partial charge in [0.15, 0.2) is 5.96 Å². The van der Waals surface area contributed by atoms with Crippen molar-refractivity contribution in [3.63, 3.8) is 0 Å². The van der Waals surface area contributed by atoms with Crippen LogP contribution in [-0.2, 0) is 4.74 Å².